The topological polar surface area (TPSA) is 101 Å². The van der Waals surface area contributed by atoms with Crippen molar-refractivity contribution >= 4 is 84.5 Å². The highest BCUT2D eigenvalue weighted by Crippen LogP contribution is 2.60. The van der Waals surface area contributed by atoms with E-state index in [2.05, 4.69) is 31.9 Å². The minimum atomic E-state index is -0.750. The third kappa shape index (κ3) is 5.40. The van der Waals surface area contributed by atoms with E-state index in [0.717, 1.165) is 15.6 Å². The van der Waals surface area contributed by atoms with Gasteiger partial charge in [0.25, 0.3) is 17.7 Å². The summed E-state index contributed by atoms with van der Waals surface area (Å²) in [6.45, 7) is 1.32. The van der Waals surface area contributed by atoms with E-state index in [9.17, 15) is 24.0 Å². The first-order chi connectivity index (χ1) is 21.0. The maximum absolute atomic E-state index is 13.9. The lowest BCUT2D eigenvalue weighted by Crippen LogP contribution is -2.52. The van der Waals surface area contributed by atoms with Crippen LogP contribution in [-0.4, -0.2) is 55.7 Å². The molecule has 3 amide bonds. The number of hydrazine groups is 1. The lowest BCUT2D eigenvalue weighted by atomic mass is 9.81. The zero-order valence-corrected chi connectivity index (χ0v) is 27.8. The number of ketones is 1. The molecule has 3 fully saturated rings. The SMILES string of the molecule is Cc1ccc(C(=O)Oc2ccc(C(=O)CN(C(=O)c3ccc(Cl)c(Cl)c3)N3C(=O)[C@@H]4[C@H]5C[C@@H]([C@H](Br)[C@@H]5Br)[C@@H]4C3=O)cc2)cc1. The largest absolute Gasteiger partial charge is 0.423 e. The van der Waals surface area contributed by atoms with Gasteiger partial charge in [0.15, 0.2) is 5.78 Å². The van der Waals surface area contributed by atoms with Crippen LogP contribution in [0.25, 0.3) is 0 Å². The van der Waals surface area contributed by atoms with Crippen molar-refractivity contribution in [2.75, 3.05) is 6.54 Å². The van der Waals surface area contributed by atoms with Crippen LogP contribution in [0, 0.1) is 30.6 Å². The number of carbonyl (C=O) groups is 5. The normalized spacial score (nSPS) is 25.2. The fourth-order valence-corrected chi connectivity index (χ4v) is 8.55. The third-order valence-electron chi connectivity index (χ3n) is 8.57. The van der Waals surface area contributed by atoms with Crippen molar-refractivity contribution in [1.29, 1.82) is 0 Å². The first-order valence-corrected chi connectivity index (χ1v) is 16.4. The first-order valence-electron chi connectivity index (χ1n) is 13.8. The van der Waals surface area contributed by atoms with Crippen LogP contribution in [0.5, 0.6) is 5.75 Å². The van der Waals surface area contributed by atoms with Gasteiger partial charge in [-0.15, -0.1) is 0 Å². The number of hydrogen-bond acceptors (Lipinski definition) is 6. The Morgan fingerprint density at radius 1 is 0.818 bits per heavy atom. The van der Waals surface area contributed by atoms with Crippen molar-refractivity contribution in [2.24, 2.45) is 23.7 Å². The molecule has 0 unspecified atom stereocenters. The van der Waals surface area contributed by atoms with Crippen LogP contribution in [0.15, 0.2) is 66.7 Å². The molecular weight excluding hydrogens is 739 g/mol. The predicted molar refractivity (Wildman–Crippen MR) is 170 cm³/mol. The molecule has 0 N–H and O–H groups in total. The highest BCUT2D eigenvalue weighted by Gasteiger charge is 2.67. The minimum Gasteiger partial charge on any atom is -0.423 e. The second kappa shape index (κ2) is 12.0. The number of imide groups is 1. The average Bonchev–Trinajstić information content (AvgIpc) is 3.62. The molecule has 226 valence electrons. The van der Waals surface area contributed by atoms with Crippen LogP contribution >= 0.6 is 55.1 Å². The maximum atomic E-state index is 13.9. The monoisotopic (exact) mass is 760 g/mol. The number of benzene rings is 3. The summed E-state index contributed by atoms with van der Waals surface area (Å²) in [7, 11) is 0. The van der Waals surface area contributed by atoms with E-state index in [0.29, 0.717) is 12.0 Å². The summed E-state index contributed by atoms with van der Waals surface area (Å²) in [5.41, 5.74) is 1.63. The number of carbonyl (C=O) groups excluding carboxylic acids is 5. The van der Waals surface area contributed by atoms with Gasteiger partial charge in [0.2, 0.25) is 0 Å². The van der Waals surface area contributed by atoms with Crippen molar-refractivity contribution in [3.63, 3.8) is 0 Å². The number of ether oxygens (including phenoxy) is 1. The van der Waals surface area contributed by atoms with Gasteiger partial charge in [0.05, 0.1) is 27.4 Å². The van der Waals surface area contributed by atoms with Crippen LogP contribution in [0.2, 0.25) is 10.0 Å². The molecule has 2 saturated carbocycles. The standard InChI is InChI=1S/C32H24Br2Cl2N2O6/c1-15-2-4-17(5-3-15)32(43)44-19-9-6-16(7-10-19)24(39)14-37(29(40)18-8-11-22(35)23(36)12-18)38-30(41)25-20-13-21(26(25)31(38)42)28(34)27(20)33/h2-12,20-21,25-28H,13-14H2,1H3/t20-,21-,25-,26+,27-,28+/m1/s1. The molecule has 44 heavy (non-hydrogen) atoms. The number of hydrogen-bond donors (Lipinski definition) is 0. The Kier molecular flexibility index (Phi) is 8.47. The zero-order chi connectivity index (χ0) is 31.4. The summed E-state index contributed by atoms with van der Waals surface area (Å²) in [6, 6.07) is 16.9. The van der Waals surface area contributed by atoms with Crippen LogP contribution in [-0.2, 0) is 9.59 Å². The molecule has 3 aromatic carbocycles. The van der Waals surface area contributed by atoms with Crippen molar-refractivity contribution < 1.29 is 28.7 Å². The molecule has 3 aliphatic rings. The molecule has 8 nitrogen and oxygen atoms in total. The molecule has 3 aromatic rings. The number of Topliss-reactive ketones (excluding diaryl/α,β-unsaturated/α-hetero) is 1. The number of aryl methyl sites for hydroxylation is 1. The van der Waals surface area contributed by atoms with E-state index >= 15 is 0 Å². The Hall–Kier alpha value is -3.05. The van der Waals surface area contributed by atoms with E-state index in [4.69, 9.17) is 27.9 Å². The van der Waals surface area contributed by atoms with Gasteiger partial charge in [-0.1, -0.05) is 72.8 Å². The van der Waals surface area contributed by atoms with Gasteiger partial charge in [-0.3, -0.25) is 19.2 Å². The number of esters is 1. The van der Waals surface area contributed by atoms with E-state index in [1.165, 1.54) is 42.5 Å². The Labute approximate surface area is 279 Å². The summed E-state index contributed by atoms with van der Waals surface area (Å²) in [4.78, 5) is 67.5. The van der Waals surface area contributed by atoms with Crippen molar-refractivity contribution in [3.05, 3.63) is 99.0 Å². The van der Waals surface area contributed by atoms with Gasteiger partial charge in [-0.2, -0.15) is 5.01 Å². The Bertz CT molecular complexity index is 1670. The Morgan fingerprint density at radius 2 is 1.36 bits per heavy atom. The van der Waals surface area contributed by atoms with Crippen molar-refractivity contribution in [2.45, 2.75) is 23.0 Å². The fourth-order valence-electron chi connectivity index (χ4n) is 6.37. The van der Waals surface area contributed by atoms with Crippen LogP contribution < -0.4 is 4.74 Å². The van der Waals surface area contributed by atoms with E-state index in [-0.39, 0.29) is 48.4 Å². The molecule has 2 bridgehead atoms. The van der Waals surface area contributed by atoms with E-state index in [1.54, 1.807) is 24.3 Å². The quantitative estimate of drug-likeness (QED) is 0.0892. The number of alkyl halides is 2. The Morgan fingerprint density at radius 3 is 1.93 bits per heavy atom. The highest BCUT2D eigenvalue weighted by molar-refractivity contribution is 9.12. The van der Waals surface area contributed by atoms with Crippen LogP contribution in [0.3, 0.4) is 0 Å². The molecule has 1 heterocycles. The van der Waals surface area contributed by atoms with Crippen molar-refractivity contribution in [1.82, 2.24) is 10.0 Å². The molecule has 6 atom stereocenters. The van der Waals surface area contributed by atoms with E-state index in [1.807, 2.05) is 6.92 Å². The molecule has 1 saturated heterocycles. The van der Waals surface area contributed by atoms with Crippen LogP contribution in [0.1, 0.15) is 43.1 Å². The first kappa shape index (κ1) is 31.0. The minimum absolute atomic E-state index is 0.00456. The van der Waals surface area contributed by atoms with Crippen LogP contribution in [0.4, 0.5) is 0 Å². The zero-order valence-electron chi connectivity index (χ0n) is 23.1. The second-order valence-electron chi connectivity index (χ2n) is 11.2. The number of amides is 3. The molecular formula is C32H24Br2Cl2N2O6. The van der Waals surface area contributed by atoms with Gasteiger partial charge in [-0.25, -0.2) is 9.80 Å². The van der Waals surface area contributed by atoms with Gasteiger partial charge in [0.1, 0.15) is 12.3 Å². The summed E-state index contributed by atoms with van der Waals surface area (Å²) in [5.74, 6) is -3.96. The van der Waals surface area contributed by atoms with Gasteiger partial charge in [0, 0.05) is 20.8 Å². The smallest absolute Gasteiger partial charge is 0.343 e. The summed E-state index contributed by atoms with van der Waals surface area (Å²) < 4.78 is 5.42. The molecule has 0 radical (unpaired) electrons. The summed E-state index contributed by atoms with van der Waals surface area (Å²) in [6.07, 6.45) is 0.715. The highest BCUT2D eigenvalue weighted by atomic mass is 79.9. The number of halogens is 4. The molecule has 12 heteroatoms. The summed E-state index contributed by atoms with van der Waals surface area (Å²) >= 11 is 19.6. The van der Waals surface area contributed by atoms with Crippen molar-refractivity contribution in [3.8, 4) is 5.75 Å². The molecule has 1 aliphatic heterocycles. The summed E-state index contributed by atoms with van der Waals surface area (Å²) in [5, 5.41) is 2.08. The van der Waals surface area contributed by atoms with Gasteiger partial charge < -0.3 is 4.74 Å². The number of nitrogens with zero attached hydrogens (tertiary/aromatic N) is 2. The molecule has 0 aromatic heterocycles. The lowest BCUT2D eigenvalue weighted by molar-refractivity contribution is -0.154. The molecule has 6 rings (SSSR count). The lowest BCUT2D eigenvalue weighted by Gasteiger charge is -2.31. The van der Waals surface area contributed by atoms with Gasteiger partial charge >= 0.3 is 5.97 Å². The number of rotatable bonds is 7. The molecule has 0 spiro atoms. The van der Waals surface area contributed by atoms with Gasteiger partial charge in [-0.05, 0) is 79.8 Å². The predicted octanol–water partition coefficient (Wildman–Crippen LogP) is 6.54. The molecule has 2 aliphatic carbocycles. The maximum Gasteiger partial charge on any atom is 0.343 e. The second-order valence-corrected chi connectivity index (χ2v) is 14.1. The fraction of sp³-hybridized carbons (Fsp3) is 0.281. The van der Waals surface area contributed by atoms with E-state index < -0.39 is 47.9 Å². The average molecular weight is 763 g/mol. The number of fused-ring (bicyclic) bond motifs is 5. The Balaban J connectivity index is 1.26. The third-order valence-corrected chi connectivity index (χ3v) is 12.5.